The molecule has 3 aromatic rings. The highest BCUT2D eigenvalue weighted by molar-refractivity contribution is 6.31. The van der Waals surface area contributed by atoms with E-state index in [1.54, 1.807) is 49.6 Å². The molecule has 1 aromatic heterocycles. The minimum atomic E-state index is -0.498. The number of hydrogen-bond acceptors (Lipinski definition) is 5. The van der Waals surface area contributed by atoms with Gasteiger partial charge >= 0.3 is 11.8 Å². The van der Waals surface area contributed by atoms with Crippen LogP contribution in [0.3, 0.4) is 0 Å². The number of nitrogens with one attached hydrogen (secondary N) is 1. The van der Waals surface area contributed by atoms with Gasteiger partial charge in [-0.05, 0) is 42.8 Å². The normalized spacial score (nSPS) is 10.5. The molecule has 1 amide bonds. The van der Waals surface area contributed by atoms with Gasteiger partial charge in [0.05, 0.1) is 7.11 Å². The van der Waals surface area contributed by atoms with Gasteiger partial charge in [0.15, 0.2) is 0 Å². The maximum absolute atomic E-state index is 12.3. The number of anilines is 1. The van der Waals surface area contributed by atoms with Gasteiger partial charge in [-0.1, -0.05) is 23.7 Å². The molecule has 122 valence electrons. The highest BCUT2D eigenvalue weighted by Crippen LogP contribution is 2.25. The second kappa shape index (κ2) is 6.72. The Morgan fingerprint density at radius 1 is 1.21 bits per heavy atom. The lowest BCUT2D eigenvalue weighted by Crippen LogP contribution is -2.13. The number of ether oxygens (including phenoxy) is 1. The molecule has 0 fully saturated rings. The van der Waals surface area contributed by atoms with E-state index >= 15 is 0 Å². The van der Waals surface area contributed by atoms with Crippen LogP contribution in [0.4, 0.5) is 5.69 Å². The molecule has 0 bridgehead atoms. The Bertz CT molecular complexity index is 892. The van der Waals surface area contributed by atoms with Gasteiger partial charge in [-0.15, -0.1) is 10.2 Å². The molecular formula is C17H14ClN3O3. The lowest BCUT2D eigenvalue weighted by molar-refractivity contribution is 0.0990. The molecule has 0 spiro atoms. The summed E-state index contributed by atoms with van der Waals surface area (Å²) >= 11 is 6.04. The first kappa shape index (κ1) is 16.0. The molecule has 0 radical (unpaired) electrons. The second-order valence-corrected chi connectivity index (χ2v) is 5.42. The summed E-state index contributed by atoms with van der Waals surface area (Å²) < 4.78 is 10.6. The predicted octanol–water partition coefficient (Wildman–Crippen LogP) is 3.96. The quantitative estimate of drug-likeness (QED) is 0.775. The monoisotopic (exact) mass is 343 g/mol. The first-order valence-corrected chi connectivity index (χ1v) is 7.50. The van der Waals surface area contributed by atoms with Crippen LogP contribution >= 0.6 is 11.6 Å². The molecule has 0 unspecified atom stereocenters. The van der Waals surface area contributed by atoms with E-state index in [1.165, 1.54) is 0 Å². The maximum Gasteiger partial charge on any atom is 0.313 e. The third kappa shape index (κ3) is 3.23. The van der Waals surface area contributed by atoms with E-state index in [-0.39, 0.29) is 11.8 Å². The SMILES string of the molecule is COc1cccc(-c2nnc(C(=O)Nc3cccc(Cl)c3C)o2)c1. The number of amides is 1. The lowest BCUT2D eigenvalue weighted by Gasteiger charge is -2.07. The maximum atomic E-state index is 12.3. The van der Waals surface area contributed by atoms with E-state index < -0.39 is 5.91 Å². The molecule has 2 aromatic carbocycles. The van der Waals surface area contributed by atoms with Gasteiger partial charge in [0.1, 0.15) is 5.75 Å². The van der Waals surface area contributed by atoms with Crippen molar-refractivity contribution in [1.29, 1.82) is 0 Å². The second-order valence-electron chi connectivity index (χ2n) is 5.01. The van der Waals surface area contributed by atoms with Crippen LogP contribution in [-0.4, -0.2) is 23.2 Å². The number of carbonyl (C=O) groups is 1. The smallest absolute Gasteiger partial charge is 0.313 e. The largest absolute Gasteiger partial charge is 0.497 e. The summed E-state index contributed by atoms with van der Waals surface area (Å²) in [4.78, 5) is 12.3. The minimum Gasteiger partial charge on any atom is -0.497 e. The van der Waals surface area contributed by atoms with Crippen LogP contribution in [0.1, 0.15) is 16.2 Å². The summed E-state index contributed by atoms with van der Waals surface area (Å²) in [6.07, 6.45) is 0. The van der Waals surface area contributed by atoms with Crippen molar-refractivity contribution in [3.05, 3.63) is 58.9 Å². The molecule has 0 aliphatic heterocycles. The van der Waals surface area contributed by atoms with Crippen LogP contribution in [0.2, 0.25) is 5.02 Å². The highest BCUT2D eigenvalue weighted by atomic mass is 35.5. The van der Waals surface area contributed by atoms with Crippen molar-refractivity contribution in [2.75, 3.05) is 12.4 Å². The van der Waals surface area contributed by atoms with Crippen molar-refractivity contribution < 1.29 is 13.9 Å². The van der Waals surface area contributed by atoms with E-state index in [9.17, 15) is 4.79 Å². The van der Waals surface area contributed by atoms with Crippen molar-refractivity contribution in [2.24, 2.45) is 0 Å². The molecule has 1 N–H and O–H groups in total. The number of benzene rings is 2. The number of aromatic nitrogens is 2. The average molecular weight is 344 g/mol. The number of rotatable bonds is 4. The molecule has 3 rings (SSSR count). The van der Waals surface area contributed by atoms with Crippen LogP contribution in [0.5, 0.6) is 5.75 Å². The predicted molar refractivity (Wildman–Crippen MR) is 90.4 cm³/mol. The topological polar surface area (TPSA) is 77.2 Å². The van der Waals surface area contributed by atoms with Crippen molar-refractivity contribution >= 4 is 23.2 Å². The molecule has 1 heterocycles. The summed E-state index contributed by atoms with van der Waals surface area (Å²) in [6, 6.07) is 12.4. The Balaban J connectivity index is 1.82. The number of nitrogens with zero attached hydrogens (tertiary/aromatic N) is 2. The molecule has 6 nitrogen and oxygen atoms in total. The third-order valence-electron chi connectivity index (χ3n) is 3.45. The van der Waals surface area contributed by atoms with Crippen LogP contribution in [-0.2, 0) is 0 Å². The van der Waals surface area contributed by atoms with Gasteiger partial charge in [0.2, 0.25) is 5.89 Å². The zero-order valence-electron chi connectivity index (χ0n) is 13.0. The van der Waals surface area contributed by atoms with Gasteiger partial charge in [-0.25, -0.2) is 0 Å². The molecule has 24 heavy (non-hydrogen) atoms. The number of methoxy groups -OCH3 is 1. The van der Waals surface area contributed by atoms with E-state index in [2.05, 4.69) is 15.5 Å². The van der Waals surface area contributed by atoms with Crippen LogP contribution < -0.4 is 10.1 Å². The van der Waals surface area contributed by atoms with Gasteiger partial charge < -0.3 is 14.5 Å². The van der Waals surface area contributed by atoms with Crippen LogP contribution in [0.25, 0.3) is 11.5 Å². The van der Waals surface area contributed by atoms with Crippen molar-refractivity contribution in [3.8, 4) is 17.2 Å². The molecular weight excluding hydrogens is 330 g/mol. The zero-order chi connectivity index (χ0) is 17.1. The highest BCUT2D eigenvalue weighted by Gasteiger charge is 2.17. The van der Waals surface area contributed by atoms with E-state index in [4.69, 9.17) is 20.8 Å². The third-order valence-corrected chi connectivity index (χ3v) is 3.86. The summed E-state index contributed by atoms with van der Waals surface area (Å²) in [6.45, 7) is 1.81. The molecule has 0 saturated heterocycles. The molecule has 0 saturated carbocycles. The summed E-state index contributed by atoms with van der Waals surface area (Å²) in [5.41, 5.74) is 2.02. The molecule has 7 heteroatoms. The molecule has 0 aliphatic carbocycles. The average Bonchev–Trinajstić information content (AvgIpc) is 3.09. The van der Waals surface area contributed by atoms with Gasteiger partial charge in [0.25, 0.3) is 0 Å². The van der Waals surface area contributed by atoms with Gasteiger partial charge in [0, 0.05) is 16.3 Å². The number of hydrogen-bond donors (Lipinski definition) is 1. The first-order chi connectivity index (χ1) is 11.6. The Hall–Kier alpha value is -2.86. The Morgan fingerprint density at radius 2 is 2.00 bits per heavy atom. The van der Waals surface area contributed by atoms with E-state index in [1.807, 2.05) is 6.92 Å². The van der Waals surface area contributed by atoms with Crippen molar-refractivity contribution in [1.82, 2.24) is 10.2 Å². The van der Waals surface area contributed by atoms with Gasteiger partial charge in [-0.2, -0.15) is 0 Å². The van der Waals surface area contributed by atoms with Crippen molar-refractivity contribution in [3.63, 3.8) is 0 Å². The zero-order valence-corrected chi connectivity index (χ0v) is 13.8. The Labute approximate surface area is 143 Å². The van der Waals surface area contributed by atoms with E-state index in [0.29, 0.717) is 22.0 Å². The van der Waals surface area contributed by atoms with Crippen LogP contribution in [0.15, 0.2) is 46.9 Å². The Morgan fingerprint density at radius 3 is 2.79 bits per heavy atom. The van der Waals surface area contributed by atoms with E-state index in [0.717, 1.165) is 5.56 Å². The van der Waals surface area contributed by atoms with Crippen LogP contribution in [0, 0.1) is 6.92 Å². The first-order valence-electron chi connectivity index (χ1n) is 7.13. The minimum absolute atomic E-state index is 0.132. The molecule has 0 aliphatic rings. The summed E-state index contributed by atoms with van der Waals surface area (Å²) in [7, 11) is 1.57. The fourth-order valence-electron chi connectivity index (χ4n) is 2.11. The Kier molecular flexibility index (Phi) is 4.48. The fourth-order valence-corrected chi connectivity index (χ4v) is 2.28. The fraction of sp³-hybridized carbons (Fsp3) is 0.118. The summed E-state index contributed by atoms with van der Waals surface area (Å²) in [5, 5.41) is 11.0. The number of halogens is 1. The number of carbonyl (C=O) groups excluding carboxylic acids is 1. The van der Waals surface area contributed by atoms with Gasteiger partial charge in [-0.3, -0.25) is 4.79 Å². The van der Waals surface area contributed by atoms with Crippen molar-refractivity contribution in [2.45, 2.75) is 6.92 Å². The standard InChI is InChI=1S/C17H14ClN3O3/c1-10-13(18)7-4-8-14(10)19-15(22)17-21-20-16(24-17)11-5-3-6-12(9-11)23-2/h3-9H,1-2H3,(H,19,22). The molecule has 0 atom stereocenters. The lowest BCUT2D eigenvalue weighted by atomic mass is 10.2. The summed E-state index contributed by atoms with van der Waals surface area (Å²) in [5.74, 6) is 0.266.